The van der Waals surface area contributed by atoms with Gasteiger partial charge in [0.05, 0.1) is 11.9 Å². The second-order valence-electron chi connectivity index (χ2n) is 9.16. The van der Waals surface area contributed by atoms with Gasteiger partial charge >= 0.3 is 0 Å². The van der Waals surface area contributed by atoms with E-state index in [9.17, 15) is 9.59 Å². The van der Waals surface area contributed by atoms with E-state index in [0.29, 0.717) is 41.6 Å². The standard InChI is InChI=1S/C28H27N5O3S/c1-18(2)27-31-32-28(37-27)19-9-11-23(12-10-19)36-24-15-20(26(35)30-22-5-3-13-29-16-22)7-8-21(24)17-33-14-4-6-25(33)34/h3,5,7-13,15-16,18H,4,6,14,17H2,1-2H3,(H,30,35). The Hall–Kier alpha value is -4.11. The summed E-state index contributed by atoms with van der Waals surface area (Å²) in [6.07, 6.45) is 4.65. The van der Waals surface area contributed by atoms with E-state index in [2.05, 4.69) is 34.3 Å². The summed E-state index contributed by atoms with van der Waals surface area (Å²) in [6.45, 7) is 5.34. The molecule has 0 aliphatic carbocycles. The predicted octanol–water partition coefficient (Wildman–Crippen LogP) is 5.89. The predicted molar refractivity (Wildman–Crippen MR) is 143 cm³/mol. The van der Waals surface area contributed by atoms with Crippen molar-refractivity contribution in [1.82, 2.24) is 20.1 Å². The fourth-order valence-corrected chi connectivity index (χ4v) is 4.87. The summed E-state index contributed by atoms with van der Waals surface area (Å²) in [6, 6.07) is 16.5. The molecule has 2 aromatic heterocycles. The van der Waals surface area contributed by atoms with E-state index >= 15 is 0 Å². The lowest BCUT2D eigenvalue weighted by atomic mass is 10.1. The molecule has 0 unspecified atom stereocenters. The summed E-state index contributed by atoms with van der Waals surface area (Å²) in [4.78, 5) is 31.0. The molecule has 1 aliphatic heterocycles. The first-order valence-electron chi connectivity index (χ1n) is 12.2. The van der Waals surface area contributed by atoms with Crippen molar-refractivity contribution in [3.8, 4) is 22.1 Å². The molecule has 1 N–H and O–H groups in total. The van der Waals surface area contributed by atoms with Crippen LogP contribution in [-0.2, 0) is 11.3 Å². The number of carbonyl (C=O) groups excluding carboxylic acids is 2. The number of aromatic nitrogens is 3. The maximum Gasteiger partial charge on any atom is 0.255 e. The van der Waals surface area contributed by atoms with Crippen LogP contribution in [0.1, 0.15) is 53.5 Å². The molecule has 1 fully saturated rings. The van der Waals surface area contributed by atoms with Gasteiger partial charge in [-0.15, -0.1) is 10.2 Å². The number of nitrogens with zero attached hydrogens (tertiary/aromatic N) is 4. The first kappa shape index (κ1) is 24.6. The molecule has 9 heteroatoms. The Kier molecular flexibility index (Phi) is 7.23. The number of ether oxygens (including phenoxy) is 1. The van der Waals surface area contributed by atoms with Crippen LogP contribution >= 0.6 is 11.3 Å². The van der Waals surface area contributed by atoms with Gasteiger partial charge in [-0.3, -0.25) is 14.6 Å². The van der Waals surface area contributed by atoms with Gasteiger partial charge in [0.15, 0.2) is 0 Å². The Labute approximate surface area is 219 Å². The van der Waals surface area contributed by atoms with Gasteiger partial charge in [-0.1, -0.05) is 31.3 Å². The molecule has 1 aliphatic rings. The number of amides is 2. The Morgan fingerprint density at radius 2 is 1.97 bits per heavy atom. The van der Waals surface area contributed by atoms with Crippen LogP contribution in [0.2, 0.25) is 0 Å². The minimum absolute atomic E-state index is 0.131. The van der Waals surface area contributed by atoms with E-state index in [1.165, 1.54) is 0 Å². The van der Waals surface area contributed by atoms with Crippen LogP contribution in [0, 0.1) is 0 Å². The highest BCUT2D eigenvalue weighted by atomic mass is 32.1. The van der Waals surface area contributed by atoms with Gasteiger partial charge in [0, 0.05) is 48.3 Å². The second kappa shape index (κ2) is 10.9. The zero-order valence-corrected chi connectivity index (χ0v) is 21.5. The molecule has 0 atom stereocenters. The maximum atomic E-state index is 12.9. The van der Waals surface area contributed by atoms with Crippen LogP contribution in [0.4, 0.5) is 5.69 Å². The van der Waals surface area contributed by atoms with Crippen LogP contribution in [0.25, 0.3) is 10.6 Å². The van der Waals surface area contributed by atoms with Crippen molar-refractivity contribution in [2.24, 2.45) is 0 Å². The molecule has 8 nitrogen and oxygen atoms in total. The zero-order valence-electron chi connectivity index (χ0n) is 20.7. The van der Waals surface area contributed by atoms with Crippen molar-refractivity contribution in [2.45, 2.75) is 39.2 Å². The summed E-state index contributed by atoms with van der Waals surface area (Å²) in [5.41, 5.74) is 2.85. The van der Waals surface area contributed by atoms with Crippen molar-refractivity contribution in [2.75, 3.05) is 11.9 Å². The van der Waals surface area contributed by atoms with E-state index < -0.39 is 0 Å². The molecule has 1 saturated heterocycles. The third-order valence-corrected chi connectivity index (χ3v) is 7.32. The molecule has 2 aromatic carbocycles. The number of nitrogens with one attached hydrogen (secondary N) is 1. The molecule has 4 aromatic rings. The Morgan fingerprint density at radius 1 is 1.14 bits per heavy atom. The summed E-state index contributed by atoms with van der Waals surface area (Å²) in [5, 5.41) is 13.3. The minimum atomic E-state index is -0.269. The van der Waals surface area contributed by atoms with Crippen LogP contribution in [0.3, 0.4) is 0 Å². The molecule has 3 heterocycles. The average Bonchev–Trinajstić information content (AvgIpc) is 3.56. The Balaban J connectivity index is 1.39. The van der Waals surface area contributed by atoms with Crippen LogP contribution in [-0.4, -0.2) is 38.4 Å². The molecule has 2 amide bonds. The highest BCUT2D eigenvalue weighted by molar-refractivity contribution is 7.14. The average molecular weight is 514 g/mol. The van der Waals surface area contributed by atoms with Crippen molar-refractivity contribution in [1.29, 1.82) is 0 Å². The first-order chi connectivity index (χ1) is 18.0. The van der Waals surface area contributed by atoms with Crippen LogP contribution < -0.4 is 10.1 Å². The van der Waals surface area contributed by atoms with Gasteiger partial charge in [0.2, 0.25) is 5.91 Å². The number of rotatable bonds is 8. The monoisotopic (exact) mass is 513 g/mol. The lowest BCUT2D eigenvalue weighted by molar-refractivity contribution is -0.128. The SMILES string of the molecule is CC(C)c1nnc(-c2ccc(Oc3cc(C(=O)Nc4cccnc4)ccc3CN3CCCC3=O)cc2)s1. The number of likely N-dealkylation sites (tertiary alicyclic amines) is 1. The number of hydrogen-bond donors (Lipinski definition) is 1. The van der Waals surface area contributed by atoms with Crippen molar-refractivity contribution in [3.63, 3.8) is 0 Å². The number of benzene rings is 2. The number of carbonyl (C=O) groups is 2. The van der Waals surface area contributed by atoms with E-state index in [1.54, 1.807) is 48.0 Å². The smallest absolute Gasteiger partial charge is 0.255 e. The highest BCUT2D eigenvalue weighted by Crippen LogP contribution is 2.32. The van der Waals surface area contributed by atoms with E-state index in [4.69, 9.17) is 4.74 Å². The van der Waals surface area contributed by atoms with Gasteiger partial charge < -0.3 is 15.0 Å². The third kappa shape index (κ3) is 5.83. The quantitative estimate of drug-likeness (QED) is 0.316. The van der Waals surface area contributed by atoms with Gasteiger partial charge in [0.1, 0.15) is 21.5 Å². The van der Waals surface area contributed by atoms with Gasteiger partial charge in [0.25, 0.3) is 5.91 Å². The number of anilines is 1. The first-order valence-corrected chi connectivity index (χ1v) is 13.0. The summed E-state index contributed by atoms with van der Waals surface area (Å²) in [5.74, 6) is 1.35. The molecule has 5 rings (SSSR count). The molecule has 0 radical (unpaired) electrons. The lowest BCUT2D eigenvalue weighted by Crippen LogP contribution is -2.24. The van der Waals surface area contributed by atoms with E-state index in [0.717, 1.165) is 34.1 Å². The van der Waals surface area contributed by atoms with Gasteiger partial charge in [-0.25, -0.2) is 0 Å². The molecule has 188 valence electrons. The third-order valence-electron chi connectivity index (χ3n) is 6.04. The number of pyridine rings is 1. The fourth-order valence-electron chi connectivity index (χ4n) is 4.02. The van der Waals surface area contributed by atoms with Crippen LogP contribution in [0.5, 0.6) is 11.5 Å². The summed E-state index contributed by atoms with van der Waals surface area (Å²) >= 11 is 1.58. The fraction of sp³-hybridized carbons (Fsp3) is 0.250. The maximum absolute atomic E-state index is 12.9. The number of hydrogen-bond acceptors (Lipinski definition) is 7. The highest BCUT2D eigenvalue weighted by Gasteiger charge is 2.22. The topological polar surface area (TPSA) is 97.3 Å². The van der Waals surface area contributed by atoms with Gasteiger partial charge in [-0.2, -0.15) is 0 Å². The largest absolute Gasteiger partial charge is 0.457 e. The Morgan fingerprint density at radius 3 is 2.65 bits per heavy atom. The molecule has 0 spiro atoms. The summed E-state index contributed by atoms with van der Waals surface area (Å²) < 4.78 is 6.27. The molecule has 37 heavy (non-hydrogen) atoms. The Bertz CT molecular complexity index is 1400. The van der Waals surface area contributed by atoms with Crippen LogP contribution in [0.15, 0.2) is 67.0 Å². The van der Waals surface area contributed by atoms with Crippen molar-refractivity contribution < 1.29 is 14.3 Å². The molecular weight excluding hydrogens is 486 g/mol. The van der Waals surface area contributed by atoms with E-state index in [1.807, 2.05) is 35.2 Å². The molecule has 0 saturated carbocycles. The summed E-state index contributed by atoms with van der Waals surface area (Å²) in [7, 11) is 0. The van der Waals surface area contributed by atoms with Crippen molar-refractivity contribution in [3.05, 3.63) is 83.1 Å². The lowest BCUT2D eigenvalue weighted by Gasteiger charge is -2.19. The molecular formula is C28H27N5O3S. The van der Waals surface area contributed by atoms with E-state index in [-0.39, 0.29) is 11.8 Å². The molecule has 0 bridgehead atoms. The zero-order chi connectivity index (χ0) is 25.8. The minimum Gasteiger partial charge on any atom is -0.457 e. The van der Waals surface area contributed by atoms with Gasteiger partial charge in [-0.05, 0) is 55.0 Å². The normalized spacial score (nSPS) is 13.3. The van der Waals surface area contributed by atoms with Crippen molar-refractivity contribution >= 4 is 28.8 Å². The second-order valence-corrected chi connectivity index (χ2v) is 10.2.